The number of hydrogen-bond acceptors (Lipinski definition) is 4. The summed E-state index contributed by atoms with van der Waals surface area (Å²) in [5, 5.41) is 3.53. The first kappa shape index (κ1) is 21.6. The third-order valence-electron chi connectivity index (χ3n) is 3.66. The van der Waals surface area contributed by atoms with Crippen LogP contribution in [0.3, 0.4) is 0 Å². The van der Waals surface area contributed by atoms with E-state index in [0.29, 0.717) is 16.3 Å². The number of rotatable bonds is 5. The number of halogens is 1. The number of thioether (sulfide) groups is 1. The second-order valence-electron chi connectivity index (χ2n) is 5.96. The van der Waals surface area contributed by atoms with Gasteiger partial charge in [-0.15, -0.1) is 11.8 Å². The molecule has 1 aromatic carbocycles. The highest BCUT2D eigenvalue weighted by Crippen LogP contribution is 2.25. The van der Waals surface area contributed by atoms with E-state index >= 15 is 0 Å². The lowest BCUT2D eigenvalue weighted by Gasteiger charge is -2.10. The molecule has 3 rings (SSSR count). The van der Waals surface area contributed by atoms with E-state index in [1.807, 2.05) is 39.8 Å². The molecule has 0 spiro atoms. The number of hydrogen-bond donors (Lipinski definition) is 1. The summed E-state index contributed by atoms with van der Waals surface area (Å²) in [7, 11) is 0. The fraction of sp³-hybridized carbons (Fsp3) is 0.227. The summed E-state index contributed by atoms with van der Waals surface area (Å²) in [5.41, 5.74) is 4.20. The van der Waals surface area contributed by atoms with Crippen LogP contribution in [-0.2, 0) is 5.75 Å². The van der Waals surface area contributed by atoms with E-state index < -0.39 is 5.95 Å². The molecule has 28 heavy (non-hydrogen) atoms. The lowest BCUT2D eigenvalue weighted by Crippen LogP contribution is -2.14. The molecule has 146 valence electrons. The number of nitrogens with one attached hydrogen (secondary N) is 1. The Balaban J connectivity index is 0.00000136. The van der Waals surface area contributed by atoms with Gasteiger partial charge in [-0.25, -0.2) is 9.97 Å². The number of benzene rings is 1. The van der Waals surface area contributed by atoms with Crippen molar-refractivity contribution in [1.82, 2.24) is 9.97 Å². The molecule has 0 saturated carbocycles. The Morgan fingerprint density at radius 2 is 1.75 bits per heavy atom. The first-order chi connectivity index (χ1) is 13.5. The van der Waals surface area contributed by atoms with Gasteiger partial charge in [-0.3, -0.25) is 4.79 Å². The topological polar surface area (TPSA) is 54.9 Å². The second kappa shape index (κ2) is 10.6. The highest BCUT2D eigenvalue weighted by Gasteiger charge is 2.13. The zero-order chi connectivity index (χ0) is 20.5. The summed E-state index contributed by atoms with van der Waals surface area (Å²) < 4.78 is 13.2. The van der Waals surface area contributed by atoms with Crippen LogP contribution in [0.15, 0.2) is 59.9 Å². The van der Waals surface area contributed by atoms with Crippen molar-refractivity contribution in [3.63, 3.8) is 0 Å². The summed E-state index contributed by atoms with van der Waals surface area (Å²) in [5.74, 6) is -0.233. The summed E-state index contributed by atoms with van der Waals surface area (Å²) in [6.07, 6.45) is 3.07. The number of pyridine rings is 2. The van der Waals surface area contributed by atoms with Gasteiger partial charge in [0, 0.05) is 23.8 Å². The number of carbonyl (C=O) groups excluding carboxylic acids is 1. The highest BCUT2D eigenvalue weighted by atomic mass is 32.2. The van der Waals surface area contributed by atoms with Gasteiger partial charge in [-0.1, -0.05) is 19.9 Å². The summed E-state index contributed by atoms with van der Waals surface area (Å²) in [6, 6.07) is 12.5. The minimum absolute atomic E-state index is 0.216. The molecule has 2 heterocycles. The van der Waals surface area contributed by atoms with Crippen LogP contribution in [0.2, 0.25) is 0 Å². The van der Waals surface area contributed by atoms with E-state index in [1.165, 1.54) is 24.0 Å². The summed E-state index contributed by atoms with van der Waals surface area (Å²) in [4.78, 5) is 20.5. The maximum atomic E-state index is 13.2. The van der Waals surface area contributed by atoms with Gasteiger partial charge in [0.1, 0.15) is 5.03 Å². The Morgan fingerprint density at radius 1 is 1.04 bits per heavy atom. The van der Waals surface area contributed by atoms with Gasteiger partial charge in [0.15, 0.2) is 0 Å². The Kier molecular flexibility index (Phi) is 8.14. The van der Waals surface area contributed by atoms with Gasteiger partial charge in [0.2, 0.25) is 5.95 Å². The molecule has 0 radical (unpaired) electrons. The number of amides is 1. The van der Waals surface area contributed by atoms with Gasteiger partial charge in [0.25, 0.3) is 5.91 Å². The molecule has 0 aliphatic rings. The van der Waals surface area contributed by atoms with Crippen molar-refractivity contribution < 1.29 is 9.18 Å². The van der Waals surface area contributed by atoms with Gasteiger partial charge in [-0.05, 0) is 66.9 Å². The lowest BCUT2D eigenvalue weighted by atomic mass is 10.1. The SMILES string of the molecule is CC.Cc1cc(C)cc(NC(=O)c2cccnc2SCc2ccnc(F)c2)c1. The third-order valence-corrected chi connectivity index (χ3v) is 4.74. The second-order valence-corrected chi connectivity index (χ2v) is 6.93. The predicted molar refractivity (Wildman–Crippen MR) is 113 cm³/mol. The Morgan fingerprint density at radius 3 is 2.43 bits per heavy atom. The Labute approximate surface area is 169 Å². The first-order valence-corrected chi connectivity index (χ1v) is 10.1. The van der Waals surface area contributed by atoms with Crippen LogP contribution in [0.4, 0.5) is 10.1 Å². The lowest BCUT2D eigenvalue weighted by molar-refractivity contribution is 0.102. The highest BCUT2D eigenvalue weighted by molar-refractivity contribution is 7.98. The van der Waals surface area contributed by atoms with Gasteiger partial charge in [0.05, 0.1) is 5.56 Å². The molecule has 2 aromatic heterocycles. The largest absolute Gasteiger partial charge is 0.322 e. The maximum Gasteiger partial charge on any atom is 0.258 e. The van der Waals surface area contributed by atoms with Crippen molar-refractivity contribution in [3.8, 4) is 0 Å². The molecule has 0 atom stereocenters. The Bertz CT molecular complexity index is 926. The zero-order valence-electron chi connectivity index (χ0n) is 16.5. The maximum absolute atomic E-state index is 13.2. The number of aromatic nitrogens is 2. The van der Waals surface area contributed by atoms with Crippen molar-refractivity contribution in [3.05, 3.63) is 83.1 Å². The average Bonchev–Trinajstić information content (AvgIpc) is 2.67. The van der Waals surface area contributed by atoms with Crippen LogP contribution in [0.25, 0.3) is 0 Å². The first-order valence-electron chi connectivity index (χ1n) is 9.09. The van der Waals surface area contributed by atoms with E-state index in [4.69, 9.17) is 0 Å². The van der Waals surface area contributed by atoms with Gasteiger partial charge < -0.3 is 5.32 Å². The average molecular weight is 398 g/mol. The molecule has 0 bridgehead atoms. The zero-order valence-corrected chi connectivity index (χ0v) is 17.3. The van der Waals surface area contributed by atoms with Crippen molar-refractivity contribution in [1.29, 1.82) is 0 Å². The van der Waals surface area contributed by atoms with Crippen molar-refractivity contribution in [2.75, 3.05) is 5.32 Å². The minimum atomic E-state index is -0.517. The molecule has 1 N–H and O–H groups in total. The van der Waals surface area contributed by atoms with E-state index in [1.54, 1.807) is 24.4 Å². The molecule has 0 aliphatic carbocycles. The fourth-order valence-electron chi connectivity index (χ4n) is 2.61. The standard InChI is InChI=1S/C20H18FN3OS.C2H6/c1-13-8-14(2)10-16(9-13)24-19(25)17-4-3-6-23-20(17)26-12-15-5-7-22-18(21)11-15;1-2/h3-11H,12H2,1-2H3,(H,24,25);1-2H3. The molecule has 4 nitrogen and oxygen atoms in total. The van der Waals surface area contributed by atoms with Crippen molar-refractivity contribution in [2.45, 2.75) is 38.5 Å². The number of aryl methyl sites for hydroxylation is 2. The Hall–Kier alpha value is -2.73. The summed E-state index contributed by atoms with van der Waals surface area (Å²) in [6.45, 7) is 7.98. The van der Waals surface area contributed by atoms with Crippen LogP contribution < -0.4 is 5.32 Å². The van der Waals surface area contributed by atoms with Crippen molar-refractivity contribution >= 4 is 23.4 Å². The van der Waals surface area contributed by atoms with E-state index in [0.717, 1.165) is 22.4 Å². The molecule has 0 saturated heterocycles. The summed E-state index contributed by atoms with van der Waals surface area (Å²) >= 11 is 1.39. The smallest absolute Gasteiger partial charge is 0.258 e. The normalized spacial score (nSPS) is 10.0. The van der Waals surface area contributed by atoms with Gasteiger partial charge in [-0.2, -0.15) is 4.39 Å². The monoisotopic (exact) mass is 397 g/mol. The molecule has 3 aromatic rings. The quantitative estimate of drug-likeness (QED) is 0.436. The molecule has 0 fully saturated rings. The molecule has 0 unspecified atom stereocenters. The van der Waals surface area contributed by atoms with Crippen LogP contribution >= 0.6 is 11.8 Å². The number of anilines is 1. The van der Waals surface area contributed by atoms with Crippen LogP contribution in [-0.4, -0.2) is 15.9 Å². The minimum Gasteiger partial charge on any atom is -0.322 e. The van der Waals surface area contributed by atoms with Gasteiger partial charge >= 0.3 is 0 Å². The molecular weight excluding hydrogens is 373 g/mol. The number of carbonyl (C=O) groups is 1. The van der Waals surface area contributed by atoms with Crippen LogP contribution in [0.1, 0.15) is 40.9 Å². The van der Waals surface area contributed by atoms with E-state index in [9.17, 15) is 9.18 Å². The van der Waals surface area contributed by atoms with Crippen molar-refractivity contribution in [2.24, 2.45) is 0 Å². The predicted octanol–water partition coefficient (Wildman–Crippen LogP) is 5.80. The van der Waals surface area contributed by atoms with Crippen LogP contribution in [0, 0.1) is 19.8 Å². The molecular formula is C22H24FN3OS. The van der Waals surface area contributed by atoms with E-state index in [2.05, 4.69) is 21.4 Å². The van der Waals surface area contributed by atoms with Crippen LogP contribution in [0.5, 0.6) is 0 Å². The molecule has 0 aliphatic heterocycles. The third kappa shape index (κ3) is 6.16. The fourth-order valence-corrected chi connectivity index (χ4v) is 3.54. The molecule has 1 amide bonds. The number of nitrogens with zero attached hydrogens (tertiary/aromatic N) is 2. The van der Waals surface area contributed by atoms with E-state index in [-0.39, 0.29) is 5.91 Å². The molecule has 6 heteroatoms.